The number of carbonyl (C=O) groups excluding carboxylic acids is 1. The Morgan fingerprint density at radius 3 is 2.29 bits per heavy atom. The van der Waals surface area contributed by atoms with Crippen LogP contribution >= 0.6 is 0 Å². The quantitative estimate of drug-likeness (QED) is 0.705. The summed E-state index contributed by atoms with van der Waals surface area (Å²) >= 11 is 0. The van der Waals surface area contributed by atoms with Crippen molar-refractivity contribution in [1.82, 2.24) is 0 Å². The fraction of sp³-hybridized carbons (Fsp3) is 0.458. The molecule has 0 unspecified atom stereocenters. The second kappa shape index (κ2) is 8.68. The van der Waals surface area contributed by atoms with Crippen LogP contribution in [0.25, 0.3) is 0 Å². The van der Waals surface area contributed by atoms with Crippen LogP contribution in [0.5, 0.6) is 11.5 Å². The van der Waals surface area contributed by atoms with E-state index in [1.807, 2.05) is 63.2 Å². The summed E-state index contributed by atoms with van der Waals surface area (Å²) in [6, 6.07) is 13.8. The molecule has 0 aliphatic heterocycles. The van der Waals surface area contributed by atoms with Crippen LogP contribution in [0.3, 0.4) is 0 Å². The monoisotopic (exact) mass is 381 g/mol. The number of hydrogen-bond acceptors (Lipinski definition) is 3. The van der Waals surface area contributed by atoms with Gasteiger partial charge < -0.3 is 14.8 Å². The maximum absolute atomic E-state index is 13.4. The maximum Gasteiger partial charge on any atom is 0.235 e. The molecule has 1 N–H and O–H groups in total. The van der Waals surface area contributed by atoms with Gasteiger partial charge in [-0.05, 0) is 75.1 Å². The molecule has 4 nitrogen and oxygen atoms in total. The number of ether oxygens (including phenoxy) is 2. The number of carbonyl (C=O) groups is 1. The van der Waals surface area contributed by atoms with Gasteiger partial charge in [-0.2, -0.15) is 0 Å². The van der Waals surface area contributed by atoms with Crippen LogP contribution in [0.1, 0.15) is 57.1 Å². The zero-order chi connectivity index (χ0) is 20.1. The van der Waals surface area contributed by atoms with Gasteiger partial charge in [0.2, 0.25) is 5.91 Å². The smallest absolute Gasteiger partial charge is 0.235 e. The third-order valence-corrected chi connectivity index (χ3v) is 5.58. The van der Waals surface area contributed by atoms with Crippen molar-refractivity contribution >= 4 is 11.6 Å². The second-order valence-electron chi connectivity index (χ2n) is 7.97. The number of aryl methyl sites for hydroxylation is 1. The van der Waals surface area contributed by atoms with Crippen LogP contribution in [0.4, 0.5) is 5.69 Å². The number of rotatable bonds is 6. The number of hydrogen-bond donors (Lipinski definition) is 1. The summed E-state index contributed by atoms with van der Waals surface area (Å²) < 4.78 is 11.1. The van der Waals surface area contributed by atoms with Crippen molar-refractivity contribution in [3.8, 4) is 11.5 Å². The van der Waals surface area contributed by atoms with Gasteiger partial charge in [0.25, 0.3) is 0 Å². The van der Waals surface area contributed by atoms with E-state index in [1.165, 1.54) is 6.42 Å². The van der Waals surface area contributed by atoms with Crippen LogP contribution in [0, 0.1) is 6.92 Å². The Balaban J connectivity index is 1.85. The van der Waals surface area contributed by atoms with Gasteiger partial charge in [0.15, 0.2) is 0 Å². The van der Waals surface area contributed by atoms with Crippen molar-refractivity contribution in [2.75, 3.05) is 12.4 Å². The Morgan fingerprint density at radius 1 is 1.04 bits per heavy atom. The zero-order valence-electron chi connectivity index (χ0n) is 17.4. The van der Waals surface area contributed by atoms with Crippen molar-refractivity contribution in [2.45, 2.75) is 64.4 Å². The molecule has 0 spiro atoms. The van der Waals surface area contributed by atoms with Crippen molar-refractivity contribution < 1.29 is 14.3 Å². The maximum atomic E-state index is 13.4. The molecule has 0 radical (unpaired) electrons. The number of amides is 1. The van der Waals surface area contributed by atoms with E-state index in [0.717, 1.165) is 54.0 Å². The molecule has 0 atom stereocenters. The lowest BCUT2D eigenvalue weighted by atomic mass is 9.68. The van der Waals surface area contributed by atoms with Crippen molar-refractivity contribution in [2.24, 2.45) is 0 Å². The average Bonchev–Trinajstić information content (AvgIpc) is 2.70. The lowest BCUT2D eigenvalue weighted by Gasteiger charge is -2.36. The molecular formula is C24H31NO3. The van der Waals surface area contributed by atoms with E-state index in [0.29, 0.717) is 0 Å². The standard InChI is InChI=1S/C24H31NO3/c1-17(2)28-22-13-10-20(16-18(22)3)25-23(26)24(14-6-5-7-15-24)19-8-11-21(27-4)12-9-19/h8-13,16-17H,5-7,14-15H2,1-4H3,(H,25,26). The molecule has 2 aromatic carbocycles. The number of benzene rings is 2. The van der Waals surface area contributed by atoms with Crippen LogP contribution in [0.15, 0.2) is 42.5 Å². The summed E-state index contributed by atoms with van der Waals surface area (Å²) in [7, 11) is 1.66. The summed E-state index contributed by atoms with van der Waals surface area (Å²) in [4.78, 5) is 13.4. The molecule has 0 saturated heterocycles. The Bertz CT molecular complexity index is 805. The van der Waals surface area contributed by atoms with Gasteiger partial charge in [0.1, 0.15) is 11.5 Å². The van der Waals surface area contributed by atoms with E-state index in [4.69, 9.17) is 9.47 Å². The van der Waals surface area contributed by atoms with Crippen LogP contribution in [0.2, 0.25) is 0 Å². The van der Waals surface area contributed by atoms with Crippen LogP contribution in [-0.4, -0.2) is 19.1 Å². The molecule has 4 heteroatoms. The molecule has 1 aliphatic rings. The predicted molar refractivity (Wildman–Crippen MR) is 113 cm³/mol. The minimum absolute atomic E-state index is 0.0781. The lowest BCUT2D eigenvalue weighted by Crippen LogP contribution is -2.42. The highest BCUT2D eigenvalue weighted by Crippen LogP contribution is 2.41. The van der Waals surface area contributed by atoms with E-state index < -0.39 is 5.41 Å². The minimum atomic E-state index is -0.481. The van der Waals surface area contributed by atoms with E-state index in [2.05, 4.69) is 5.32 Å². The van der Waals surface area contributed by atoms with Gasteiger partial charge in [0, 0.05) is 5.69 Å². The van der Waals surface area contributed by atoms with E-state index in [1.54, 1.807) is 7.11 Å². The number of methoxy groups -OCH3 is 1. The topological polar surface area (TPSA) is 47.6 Å². The summed E-state index contributed by atoms with van der Waals surface area (Å²) in [5.41, 5.74) is 2.43. The Morgan fingerprint density at radius 2 is 1.71 bits per heavy atom. The van der Waals surface area contributed by atoms with Crippen LogP contribution in [-0.2, 0) is 10.2 Å². The van der Waals surface area contributed by atoms with Gasteiger partial charge in [-0.15, -0.1) is 0 Å². The molecule has 1 amide bonds. The van der Waals surface area contributed by atoms with E-state index >= 15 is 0 Å². The van der Waals surface area contributed by atoms with Gasteiger partial charge >= 0.3 is 0 Å². The van der Waals surface area contributed by atoms with E-state index in [-0.39, 0.29) is 12.0 Å². The fourth-order valence-corrected chi connectivity index (χ4v) is 4.08. The number of nitrogens with one attached hydrogen (secondary N) is 1. The van der Waals surface area contributed by atoms with Gasteiger partial charge in [-0.1, -0.05) is 31.4 Å². The first-order valence-electron chi connectivity index (χ1n) is 10.2. The SMILES string of the molecule is COc1ccc(C2(C(=O)Nc3ccc(OC(C)C)c(C)c3)CCCCC2)cc1. The minimum Gasteiger partial charge on any atom is -0.497 e. The highest BCUT2D eigenvalue weighted by molar-refractivity contribution is 5.99. The molecular weight excluding hydrogens is 350 g/mol. The molecule has 1 fully saturated rings. The third-order valence-electron chi connectivity index (χ3n) is 5.58. The molecule has 150 valence electrons. The van der Waals surface area contributed by atoms with Gasteiger partial charge in [-0.25, -0.2) is 0 Å². The Kier molecular flexibility index (Phi) is 6.28. The summed E-state index contributed by atoms with van der Waals surface area (Å²) in [5.74, 6) is 1.75. The average molecular weight is 382 g/mol. The first kappa shape index (κ1) is 20.2. The Labute approximate surface area is 168 Å². The zero-order valence-corrected chi connectivity index (χ0v) is 17.4. The molecule has 2 aromatic rings. The normalized spacial score (nSPS) is 15.9. The molecule has 0 aromatic heterocycles. The van der Waals surface area contributed by atoms with Crippen molar-refractivity contribution in [3.63, 3.8) is 0 Å². The molecule has 1 aliphatic carbocycles. The van der Waals surface area contributed by atoms with Gasteiger partial charge in [-0.3, -0.25) is 4.79 Å². The second-order valence-corrected chi connectivity index (χ2v) is 7.97. The highest BCUT2D eigenvalue weighted by Gasteiger charge is 2.41. The molecule has 1 saturated carbocycles. The third kappa shape index (κ3) is 4.32. The van der Waals surface area contributed by atoms with Crippen molar-refractivity contribution in [3.05, 3.63) is 53.6 Å². The molecule has 0 heterocycles. The molecule has 0 bridgehead atoms. The van der Waals surface area contributed by atoms with Crippen molar-refractivity contribution in [1.29, 1.82) is 0 Å². The summed E-state index contributed by atoms with van der Waals surface area (Å²) in [5, 5.41) is 3.18. The van der Waals surface area contributed by atoms with E-state index in [9.17, 15) is 4.79 Å². The lowest BCUT2D eigenvalue weighted by molar-refractivity contribution is -0.122. The van der Waals surface area contributed by atoms with Gasteiger partial charge in [0.05, 0.1) is 18.6 Å². The first-order chi connectivity index (χ1) is 13.4. The molecule has 28 heavy (non-hydrogen) atoms. The molecule has 3 rings (SSSR count). The predicted octanol–water partition coefficient (Wildman–Crippen LogP) is 5.63. The largest absolute Gasteiger partial charge is 0.497 e. The Hall–Kier alpha value is -2.49. The first-order valence-corrected chi connectivity index (χ1v) is 10.2. The highest BCUT2D eigenvalue weighted by atomic mass is 16.5. The summed E-state index contributed by atoms with van der Waals surface area (Å²) in [6.45, 7) is 6.03. The summed E-state index contributed by atoms with van der Waals surface area (Å²) in [6.07, 6.45) is 5.20. The van der Waals surface area contributed by atoms with Crippen LogP contribution < -0.4 is 14.8 Å². The number of anilines is 1. The fourth-order valence-electron chi connectivity index (χ4n) is 4.08.